The summed E-state index contributed by atoms with van der Waals surface area (Å²) in [7, 11) is -2.47. The topological polar surface area (TPSA) is 68.5 Å². The molecule has 0 fully saturated rings. The minimum atomic E-state index is -2.47. The SMILES string of the molecule is Cc1cccn(CN=S(=O)=O)c1=O. The van der Waals surface area contributed by atoms with Gasteiger partial charge >= 0.3 is 10.5 Å². The van der Waals surface area contributed by atoms with Crippen LogP contribution in [0, 0.1) is 6.92 Å². The Balaban J connectivity index is 3.10. The summed E-state index contributed by atoms with van der Waals surface area (Å²) in [6.07, 6.45) is 1.49. The molecule has 0 aliphatic rings. The number of hydrogen-bond acceptors (Lipinski definition) is 4. The number of pyridine rings is 1. The summed E-state index contributed by atoms with van der Waals surface area (Å²) in [6, 6.07) is 3.33. The number of aromatic nitrogens is 1. The van der Waals surface area contributed by atoms with Crippen molar-refractivity contribution in [2.24, 2.45) is 4.36 Å². The van der Waals surface area contributed by atoms with E-state index in [-0.39, 0.29) is 12.2 Å². The lowest BCUT2D eigenvalue weighted by atomic mass is 10.3. The van der Waals surface area contributed by atoms with Gasteiger partial charge in [0.2, 0.25) is 0 Å². The van der Waals surface area contributed by atoms with Gasteiger partial charge in [-0.05, 0) is 13.0 Å². The molecule has 1 aromatic heterocycles. The molecule has 13 heavy (non-hydrogen) atoms. The average molecular weight is 200 g/mol. The zero-order chi connectivity index (χ0) is 9.84. The van der Waals surface area contributed by atoms with E-state index >= 15 is 0 Å². The molecule has 70 valence electrons. The van der Waals surface area contributed by atoms with Crippen LogP contribution in [0.25, 0.3) is 0 Å². The maximum Gasteiger partial charge on any atom is 0.312 e. The van der Waals surface area contributed by atoms with Gasteiger partial charge in [-0.3, -0.25) is 9.36 Å². The number of rotatable bonds is 2. The third-order valence-electron chi connectivity index (χ3n) is 1.53. The Morgan fingerprint density at radius 3 is 2.85 bits per heavy atom. The van der Waals surface area contributed by atoms with E-state index in [4.69, 9.17) is 0 Å². The van der Waals surface area contributed by atoms with Crippen LogP contribution < -0.4 is 5.56 Å². The van der Waals surface area contributed by atoms with Gasteiger partial charge in [0.15, 0.2) is 0 Å². The van der Waals surface area contributed by atoms with Gasteiger partial charge in [-0.25, -0.2) is 0 Å². The largest absolute Gasteiger partial charge is 0.312 e. The van der Waals surface area contributed by atoms with Gasteiger partial charge in [-0.1, -0.05) is 6.07 Å². The molecule has 0 bridgehead atoms. The van der Waals surface area contributed by atoms with Gasteiger partial charge in [-0.15, -0.1) is 4.36 Å². The summed E-state index contributed by atoms with van der Waals surface area (Å²) >= 11 is 0. The van der Waals surface area contributed by atoms with Crippen molar-refractivity contribution in [3.63, 3.8) is 0 Å². The van der Waals surface area contributed by atoms with E-state index in [0.29, 0.717) is 5.56 Å². The molecule has 0 aliphatic carbocycles. The molecule has 0 aliphatic heterocycles. The molecule has 0 atom stereocenters. The molecule has 0 unspecified atom stereocenters. The predicted molar refractivity (Wildman–Crippen MR) is 46.8 cm³/mol. The van der Waals surface area contributed by atoms with Crippen molar-refractivity contribution >= 4 is 10.5 Å². The van der Waals surface area contributed by atoms with Crippen LogP contribution in [0.5, 0.6) is 0 Å². The third kappa shape index (κ3) is 2.51. The van der Waals surface area contributed by atoms with E-state index in [1.165, 1.54) is 10.8 Å². The highest BCUT2D eigenvalue weighted by Gasteiger charge is 1.95. The molecule has 1 rings (SSSR count). The minimum absolute atomic E-state index is 0.156. The van der Waals surface area contributed by atoms with Gasteiger partial charge in [-0.2, -0.15) is 8.42 Å². The van der Waals surface area contributed by atoms with Crippen molar-refractivity contribution in [2.75, 3.05) is 0 Å². The lowest BCUT2D eigenvalue weighted by molar-refractivity contribution is 0.612. The molecule has 6 heteroatoms. The lowest BCUT2D eigenvalue weighted by Gasteiger charge is -1.99. The van der Waals surface area contributed by atoms with E-state index in [2.05, 4.69) is 4.36 Å². The first-order chi connectivity index (χ1) is 6.11. The Labute approximate surface area is 76.3 Å². The van der Waals surface area contributed by atoms with E-state index < -0.39 is 10.5 Å². The summed E-state index contributed by atoms with van der Waals surface area (Å²) in [4.78, 5) is 11.3. The predicted octanol–water partition coefficient (Wildman–Crippen LogP) is 0.177. The summed E-state index contributed by atoms with van der Waals surface area (Å²) < 4.78 is 24.6. The zero-order valence-corrected chi connectivity index (χ0v) is 7.78. The maximum atomic E-state index is 11.3. The fourth-order valence-corrected chi connectivity index (χ4v) is 1.10. The smallest absolute Gasteiger partial charge is 0.294 e. The molecule has 0 aromatic carbocycles. The van der Waals surface area contributed by atoms with Crippen LogP contribution >= 0.6 is 0 Å². The third-order valence-corrected chi connectivity index (χ3v) is 1.85. The Kier molecular flexibility index (Phi) is 2.97. The van der Waals surface area contributed by atoms with Crippen molar-refractivity contribution in [1.29, 1.82) is 0 Å². The fraction of sp³-hybridized carbons (Fsp3) is 0.286. The molecule has 1 heterocycles. The summed E-state index contributed by atoms with van der Waals surface area (Å²) in [5, 5.41) is 0. The first-order valence-corrected chi connectivity index (χ1v) is 4.57. The fourth-order valence-electron chi connectivity index (χ4n) is 0.877. The van der Waals surface area contributed by atoms with Gasteiger partial charge < -0.3 is 0 Å². The van der Waals surface area contributed by atoms with Crippen LogP contribution in [-0.4, -0.2) is 13.0 Å². The van der Waals surface area contributed by atoms with Crippen LogP contribution in [0.3, 0.4) is 0 Å². The molecule has 1 aromatic rings. The lowest BCUT2D eigenvalue weighted by Crippen LogP contribution is -2.20. The van der Waals surface area contributed by atoms with Crippen LogP contribution in [0.1, 0.15) is 5.56 Å². The van der Waals surface area contributed by atoms with E-state index in [9.17, 15) is 13.2 Å². The Bertz CT molecular complexity index is 479. The van der Waals surface area contributed by atoms with Crippen molar-refractivity contribution in [3.05, 3.63) is 34.2 Å². The Morgan fingerprint density at radius 1 is 1.54 bits per heavy atom. The van der Waals surface area contributed by atoms with Gasteiger partial charge in [0.1, 0.15) is 6.67 Å². The molecule has 0 N–H and O–H groups in total. The quantitative estimate of drug-likeness (QED) is 0.683. The maximum absolute atomic E-state index is 11.3. The first-order valence-electron chi connectivity index (χ1n) is 3.54. The molecule has 0 radical (unpaired) electrons. The minimum Gasteiger partial charge on any atom is -0.294 e. The number of aryl methyl sites for hydroxylation is 1. The normalized spacial score (nSPS) is 9.62. The van der Waals surface area contributed by atoms with Crippen molar-refractivity contribution in [2.45, 2.75) is 13.6 Å². The van der Waals surface area contributed by atoms with Crippen LogP contribution in [0.4, 0.5) is 0 Å². The number of nitrogens with zero attached hydrogens (tertiary/aromatic N) is 2. The van der Waals surface area contributed by atoms with Crippen LogP contribution in [-0.2, 0) is 17.2 Å². The molecule has 0 saturated carbocycles. The highest BCUT2D eigenvalue weighted by Crippen LogP contribution is 1.88. The highest BCUT2D eigenvalue weighted by atomic mass is 32.2. The van der Waals surface area contributed by atoms with E-state index in [1.54, 1.807) is 19.1 Å². The molecular formula is C7H8N2O3S. The average Bonchev–Trinajstić information content (AvgIpc) is 2.07. The highest BCUT2D eigenvalue weighted by molar-refractivity contribution is 7.61. The van der Waals surface area contributed by atoms with E-state index in [1.807, 2.05) is 0 Å². The van der Waals surface area contributed by atoms with Crippen molar-refractivity contribution in [3.8, 4) is 0 Å². The summed E-state index contributed by atoms with van der Waals surface area (Å²) in [5.41, 5.74) is 0.339. The van der Waals surface area contributed by atoms with Crippen LogP contribution in [0.15, 0.2) is 27.5 Å². The van der Waals surface area contributed by atoms with Crippen molar-refractivity contribution in [1.82, 2.24) is 4.57 Å². The molecule has 0 saturated heterocycles. The van der Waals surface area contributed by atoms with E-state index in [0.717, 1.165) is 0 Å². The van der Waals surface area contributed by atoms with Gasteiger partial charge in [0, 0.05) is 11.8 Å². The number of hydrogen-bond donors (Lipinski definition) is 0. The second-order valence-corrected chi connectivity index (χ2v) is 3.15. The molecule has 0 spiro atoms. The summed E-state index contributed by atoms with van der Waals surface area (Å²) in [5.74, 6) is 0. The van der Waals surface area contributed by atoms with Gasteiger partial charge in [0.25, 0.3) is 5.56 Å². The Hall–Kier alpha value is -1.43. The second kappa shape index (κ2) is 3.99. The molecule has 0 amide bonds. The second-order valence-electron chi connectivity index (χ2n) is 2.45. The molecular weight excluding hydrogens is 192 g/mol. The summed E-state index contributed by atoms with van der Waals surface area (Å²) in [6.45, 7) is 1.50. The Morgan fingerprint density at radius 2 is 2.23 bits per heavy atom. The van der Waals surface area contributed by atoms with Crippen LogP contribution in [0.2, 0.25) is 0 Å². The monoisotopic (exact) mass is 200 g/mol. The molecule has 5 nitrogen and oxygen atoms in total. The van der Waals surface area contributed by atoms with Gasteiger partial charge in [0.05, 0.1) is 0 Å². The van der Waals surface area contributed by atoms with Crippen molar-refractivity contribution < 1.29 is 8.42 Å². The first kappa shape index (κ1) is 9.66. The standard InChI is InChI=1S/C7H8N2O3S/c1-6-3-2-4-9(7(6)10)5-8-13(11)12/h2-4H,5H2,1H3. The zero-order valence-electron chi connectivity index (χ0n) is 6.97.